The second-order valence-electron chi connectivity index (χ2n) is 8.89. The number of imidazole rings is 1. The highest BCUT2D eigenvalue weighted by molar-refractivity contribution is 6.30. The van der Waals surface area contributed by atoms with Crippen molar-refractivity contribution in [1.29, 1.82) is 5.26 Å². The molecule has 3 aromatic rings. The van der Waals surface area contributed by atoms with Gasteiger partial charge in [0.2, 0.25) is 0 Å². The standard InChI is InChI=1S/C25H25ClN4O2/c1-25(2,3)32-24(31)30-12-4-5-22(30)23-28-15-21(29-23)17-8-6-16(7-9-17)20-11-10-19(26)13-18(20)14-27/h6-11,13,15,22H,4-5,12H2,1-3H3,(H,28,29). The molecule has 1 unspecified atom stereocenters. The van der Waals surface area contributed by atoms with Gasteiger partial charge in [-0.15, -0.1) is 0 Å². The van der Waals surface area contributed by atoms with E-state index in [1.54, 1.807) is 23.2 Å². The van der Waals surface area contributed by atoms with Crippen LogP contribution in [0, 0.1) is 11.3 Å². The Hall–Kier alpha value is -3.30. The molecule has 1 aromatic heterocycles. The molecular weight excluding hydrogens is 424 g/mol. The number of nitriles is 1. The lowest BCUT2D eigenvalue weighted by Gasteiger charge is -2.27. The number of amides is 1. The lowest BCUT2D eigenvalue weighted by molar-refractivity contribution is 0.0218. The van der Waals surface area contributed by atoms with Crippen molar-refractivity contribution in [2.24, 2.45) is 0 Å². The Morgan fingerprint density at radius 3 is 2.62 bits per heavy atom. The van der Waals surface area contributed by atoms with Crippen LogP contribution in [0.15, 0.2) is 48.7 Å². The van der Waals surface area contributed by atoms with Gasteiger partial charge in [-0.05, 0) is 62.4 Å². The molecule has 1 atom stereocenters. The predicted molar refractivity (Wildman–Crippen MR) is 124 cm³/mol. The van der Waals surface area contributed by atoms with E-state index < -0.39 is 5.60 Å². The Bertz CT molecular complexity index is 1170. The largest absolute Gasteiger partial charge is 0.444 e. The molecule has 1 amide bonds. The van der Waals surface area contributed by atoms with Gasteiger partial charge in [-0.1, -0.05) is 41.9 Å². The maximum Gasteiger partial charge on any atom is 0.410 e. The molecule has 6 nitrogen and oxygen atoms in total. The van der Waals surface area contributed by atoms with Crippen molar-refractivity contribution in [3.05, 3.63) is 65.1 Å². The summed E-state index contributed by atoms with van der Waals surface area (Å²) in [5.74, 6) is 0.761. The Morgan fingerprint density at radius 1 is 1.22 bits per heavy atom. The van der Waals surface area contributed by atoms with E-state index in [-0.39, 0.29) is 12.1 Å². The van der Waals surface area contributed by atoms with E-state index in [9.17, 15) is 10.1 Å². The van der Waals surface area contributed by atoms with Gasteiger partial charge in [-0.3, -0.25) is 4.90 Å². The third-order valence-electron chi connectivity index (χ3n) is 5.40. The average Bonchev–Trinajstić information content (AvgIpc) is 3.42. The van der Waals surface area contributed by atoms with Crippen LogP contribution in [0.1, 0.15) is 51.0 Å². The highest BCUT2D eigenvalue weighted by Gasteiger charge is 2.34. The van der Waals surface area contributed by atoms with Crippen LogP contribution in [0.2, 0.25) is 5.02 Å². The Labute approximate surface area is 192 Å². The molecule has 2 heterocycles. The number of halogens is 1. The lowest BCUT2D eigenvalue weighted by Crippen LogP contribution is -2.36. The summed E-state index contributed by atoms with van der Waals surface area (Å²) in [4.78, 5) is 22.3. The number of hydrogen-bond acceptors (Lipinski definition) is 4. The van der Waals surface area contributed by atoms with Crippen molar-refractivity contribution in [1.82, 2.24) is 14.9 Å². The first-order valence-corrected chi connectivity index (χ1v) is 11.0. The summed E-state index contributed by atoms with van der Waals surface area (Å²) < 4.78 is 5.56. The Kier molecular flexibility index (Phi) is 5.94. The van der Waals surface area contributed by atoms with Gasteiger partial charge in [-0.2, -0.15) is 5.26 Å². The first-order chi connectivity index (χ1) is 15.2. The second-order valence-corrected chi connectivity index (χ2v) is 9.33. The molecule has 7 heteroatoms. The molecule has 0 spiro atoms. The van der Waals surface area contributed by atoms with Crippen molar-refractivity contribution in [3.8, 4) is 28.5 Å². The van der Waals surface area contributed by atoms with Crippen LogP contribution in [0.3, 0.4) is 0 Å². The van der Waals surface area contributed by atoms with E-state index in [0.717, 1.165) is 41.1 Å². The number of likely N-dealkylation sites (tertiary alicyclic amines) is 1. The van der Waals surface area contributed by atoms with Gasteiger partial charge in [-0.25, -0.2) is 9.78 Å². The highest BCUT2D eigenvalue weighted by atomic mass is 35.5. The van der Waals surface area contributed by atoms with Gasteiger partial charge in [0, 0.05) is 11.6 Å². The molecule has 0 saturated carbocycles. The van der Waals surface area contributed by atoms with E-state index in [1.165, 1.54) is 0 Å². The fourth-order valence-electron chi connectivity index (χ4n) is 3.93. The zero-order valence-corrected chi connectivity index (χ0v) is 19.1. The first kappa shape index (κ1) is 21.9. The minimum atomic E-state index is -0.532. The van der Waals surface area contributed by atoms with Crippen LogP contribution in [0.5, 0.6) is 0 Å². The molecule has 1 aliphatic heterocycles. The second kappa shape index (κ2) is 8.68. The van der Waals surface area contributed by atoms with Gasteiger partial charge in [0.25, 0.3) is 0 Å². The summed E-state index contributed by atoms with van der Waals surface area (Å²) in [6, 6.07) is 15.3. The maximum atomic E-state index is 12.6. The molecular formula is C25H25ClN4O2. The highest BCUT2D eigenvalue weighted by Crippen LogP contribution is 2.33. The quantitative estimate of drug-likeness (QED) is 0.506. The number of aromatic amines is 1. The first-order valence-electron chi connectivity index (χ1n) is 10.6. The number of nitrogens with one attached hydrogen (secondary N) is 1. The van der Waals surface area contributed by atoms with Crippen LogP contribution in [-0.4, -0.2) is 33.1 Å². The fraction of sp³-hybridized carbons (Fsp3) is 0.320. The summed E-state index contributed by atoms with van der Waals surface area (Å²) in [5, 5.41) is 9.95. The average molecular weight is 449 g/mol. The molecule has 1 aliphatic rings. The molecule has 0 aliphatic carbocycles. The zero-order chi connectivity index (χ0) is 22.9. The fourth-order valence-corrected chi connectivity index (χ4v) is 4.10. The number of aromatic nitrogens is 2. The van der Waals surface area contributed by atoms with E-state index in [4.69, 9.17) is 16.3 Å². The zero-order valence-electron chi connectivity index (χ0n) is 18.4. The molecule has 0 bridgehead atoms. The van der Waals surface area contributed by atoms with Crippen LogP contribution < -0.4 is 0 Å². The molecule has 4 rings (SSSR count). The number of rotatable bonds is 3. The number of carbonyl (C=O) groups is 1. The maximum absolute atomic E-state index is 12.6. The topological polar surface area (TPSA) is 82.0 Å². The molecule has 1 N–H and O–H groups in total. The third-order valence-corrected chi connectivity index (χ3v) is 5.64. The number of hydrogen-bond donors (Lipinski definition) is 1. The summed E-state index contributed by atoms with van der Waals surface area (Å²) in [6.07, 6.45) is 3.24. The monoisotopic (exact) mass is 448 g/mol. The van der Waals surface area contributed by atoms with Crippen molar-refractivity contribution in [2.45, 2.75) is 45.3 Å². The van der Waals surface area contributed by atoms with Crippen LogP contribution >= 0.6 is 11.6 Å². The van der Waals surface area contributed by atoms with Crippen molar-refractivity contribution >= 4 is 17.7 Å². The van der Waals surface area contributed by atoms with E-state index in [1.807, 2.05) is 51.1 Å². The van der Waals surface area contributed by atoms with E-state index >= 15 is 0 Å². The van der Waals surface area contributed by atoms with Gasteiger partial charge in [0.1, 0.15) is 11.4 Å². The predicted octanol–water partition coefficient (Wildman–Crippen LogP) is 6.34. The SMILES string of the molecule is CC(C)(C)OC(=O)N1CCCC1c1ncc(-c2ccc(-c3ccc(Cl)cc3C#N)cc2)[nH]1. The minimum absolute atomic E-state index is 0.120. The van der Waals surface area contributed by atoms with Gasteiger partial charge < -0.3 is 9.72 Å². The van der Waals surface area contributed by atoms with Gasteiger partial charge >= 0.3 is 6.09 Å². The van der Waals surface area contributed by atoms with Gasteiger partial charge in [0.15, 0.2) is 0 Å². The molecule has 32 heavy (non-hydrogen) atoms. The number of carbonyl (C=O) groups excluding carboxylic acids is 1. The van der Waals surface area contributed by atoms with E-state index in [2.05, 4.69) is 16.0 Å². The normalized spacial score (nSPS) is 16.1. The van der Waals surface area contributed by atoms with Gasteiger partial charge in [0.05, 0.1) is 29.6 Å². The molecule has 1 fully saturated rings. The van der Waals surface area contributed by atoms with Crippen molar-refractivity contribution in [2.75, 3.05) is 6.54 Å². The summed E-state index contributed by atoms with van der Waals surface area (Å²) in [5.41, 5.74) is 3.63. The minimum Gasteiger partial charge on any atom is -0.444 e. The van der Waals surface area contributed by atoms with E-state index in [0.29, 0.717) is 17.1 Å². The van der Waals surface area contributed by atoms with Crippen LogP contribution in [0.25, 0.3) is 22.4 Å². The van der Waals surface area contributed by atoms with Crippen molar-refractivity contribution < 1.29 is 9.53 Å². The summed E-state index contributed by atoms with van der Waals surface area (Å²) in [6.45, 7) is 6.27. The smallest absolute Gasteiger partial charge is 0.410 e. The Morgan fingerprint density at radius 2 is 1.94 bits per heavy atom. The number of nitrogens with zero attached hydrogens (tertiary/aromatic N) is 3. The molecule has 0 radical (unpaired) electrons. The summed E-state index contributed by atoms with van der Waals surface area (Å²) in [7, 11) is 0. The third kappa shape index (κ3) is 4.63. The van der Waals surface area contributed by atoms with Crippen LogP contribution in [-0.2, 0) is 4.74 Å². The summed E-state index contributed by atoms with van der Waals surface area (Å²) >= 11 is 6.01. The molecule has 164 valence electrons. The Balaban J connectivity index is 1.54. The number of benzene rings is 2. The van der Waals surface area contributed by atoms with Crippen molar-refractivity contribution in [3.63, 3.8) is 0 Å². The molecule has 1 saturated heterocycles. The van der Waals surface area contributed by atoms with Crippen LogP contribution in [0.4, 0.5) is 4.79 Å². The number of H-pyrrole nitrogens is 1. The lowest BCUT2D eigenvalue weighted by atomic mass is 9.99. The molecule has 2 aromatic carbocycles. The number of ether oxygens (including phenoxy) is 1.